The highest BCUT2D eigenvalue weighted by Crippen LogP contribution is 2.36. The Morgan fingerprint density at radius 1 is 1.38 bits per heavy atom. The van der Waals surface area contributed by atoms with E-state index >= 15 is 0 Å². The van der Waals surface area contributed by atoms with Gasteiger partial charge in [-0.2, -0.15) is 0 Å². The Morgan fingerprint density at radius 3 is 2.85 bits per heavy atom. The molecule has 2 rings (SSSR count). The summed E-state index contributed by atoms with van der Waals surface area (Å²) in [5.74, 6) is 1.08. The zero-order valence-electron chi connectivity index (χ0n) is 8.34. The van der Waals surface area contributed by atoms with E-state index in [-0.39, 0.29) is 5.60 Å². The predicted molar refractivity (Wildman–Crippen MR) is 54.1 cm³/mol. The van der Waals surface area contributed by atoms with E-state index in [1.165, 1.54) is 12.0 Å². The summed E-state index contributed by atoms with van der Waals surface area (Å²) in [6.45, 7) is 4.41. The van der Waals surface area contributed by atoms with Crippen LogP contribution in [0.25, 0.3) is 0 Å². The molecule has 0 fully saturated rings. The van der Waals surface area contributed by atoms with Crippen LogP contribution in [0.5, 0.6) is 5.75 Å². The van der Waals surface area contributed by atoms with Crippen molar-refractivity contribution in [3.63, 3.8) is 0 Å². The lowest BCUT2D eigenvalue weighted by atomic mass is 9.95. The summed E-state index contributed by atoms with van der Waals surface area (Å²) in [5.41, 5.74) is 1.41. The number of para-hydroxylation sites is 1. The quantitative estimate of drug-likeness (QED) is 0.672. The van der Waals surface area contributed by atoms with E-state index in [9.17, 15) is 0 Å². The third kappa shape index (κ3) is 1.55. The average Bonchev–Trinajstić information content (AvgIpc) is 2.40. The fourth-order valence-electron chi connectivity index (χ4n) is 2.12. The number of rotatable bonds is 2. The van der Waals surface area contributed by atoms with Crippen molar-refractivity contribution in [3.05, 3.63) is 29.8 Å². The Hall–Kier alpha value is -0.980. The van der Waals surface area contributed by atoms with Gasteiger partial charge < -0.3 is 4.74 Å². The maximum atomic E-state index is 5.93. The van der Waals surface area contributed by atoms with Gasteiger partial charge in [-0.15, -0.1) is 0 Å². The van der Waals surface area contributed by atoms with E-state index in [4.69, 9.17) is 4.74 Å². The molecule has 0 saturated heterocycles. The molecule has 0 aliphatic carbocycles. The number of hydrogen-bond donors (Lipinski definition) is 0. The summed E-state index contributed by atoms with van der Waals surface area (Å²) >= 11 is 0. The highest BCUT2D eigenvalue weighted by atomic mass is 16.5. The minimum Gasteiger partial charge on any atom is -0.487 e. The third-order valence-corrected chi connectivity index (χ3v) is 2.67. The molecule has 13 heavy (non-hydrogen) atoms. The van der Waals surface area contributed by atoms with E-state index in [1.807, 2.05) is 6.07 Å². The molecule has 0 bridgehead atoms. The first-order valence-corrected chi connectivity index (χ1v) is 5.00. The van der Waals surface area contributed by atoms with Gasteiger partial charge in [-0.05, 0) is 25.0 Å². The predicted octanol–water partition coefficient (Wildman–Crippen LogP) is 3.18. The van der Waals surface area contributed by atoms with Crippen LogP contribution >= 0.6 is 0 Å². The Morgan fingerprint density at radius 2 is 2.15 bits per heavy atom. The van der Waals surface area contributed by atoms with Crippen LogP contribution in [0.15, 0.2) is 24.3 Å². The molecule has 1 aliphatic heterocycles. The smallest absolute Gasteiger partial charge is 0.123 e. The summed E-state index contributed by atoms with van der Waals surface area (Å²) in [7, 11) is 0. The molecule has 0 N–H and O–H groups in total. The second kappa shape index (κ2) is 3.06. The second-order valence-corrected chi connectivity index (χ2v) is 4.09. The van der Waals surface area contributed by atoms with Crippen LogP contribution in [0.3, 0.4) is 0 Å². The van der Waals surface area contributed by atoms with Crippen LogP contribution in [0.4, 0.5) is 0 Å². The van der Waals surface area contributed by atoms with Gasteiger partial charge in [0.05, 0.1) is 0 Å². The molecule has 1 unspecified atom stereocenters. The number of ether oxygens (including phenoxy) is 1. The van der Waals surface area contributed by atoms with E-state index in [0.29, 0.717) is 0 Å². The topological polar surface area (TPSA) is 9.23 Å². The van der Waals surface area contributed by atoms with E-state index in [2.05, 4.69) is 32.0 Å². The average molecular weight is 176 g/mol. The zero-order chi connectivity index (χ0) is 9.31. The molecule has 0 amide bonds. The van der Waals surface area contributed by atoms with Crippen molar-refractivity contribution in [1.29, 1.82) is 0 Å². The SMILES string of the molecule is CCCC1(C)Cc2ccccc2O1. The van der Waals surface area contributed by atoms with Gasteiger partial charge in [-0.25, -0.2) is 0 Å². The molecule has 1 nitrogen and oxygen atoms in total. The normalized spacial score (nSPS) is 25.4. The van der Waals surface area contributed by atoms with E-state index < -0.39 is 0 Å². The highest BCUT2D eigenvalue weighted by molar-refractivity contribution is 5.38. The molecule has 1 atom stereocenters. The Balaban J connectivity index is 2.21. The van der Waals surface area contributed by atoms with Gasteiger partial charge in [0, 0.05) is 6.42 Å². The van der Waals surface area contributed by atoms with Crippen LogP contribution in [0, 0.1) is 0 Å². The van der Waals surface area contributed by atoms with Crippen LogP contribution in [-0.4, -0.2) is 5.60 Å². The lowest BCUT2D eigenvalue weighted by Gasteiger charge is -2.22. The molecule has 0 saturated carbocycles. The molecule has 1 heterocycles. The third-order valence-electron chi connectivity index (χ3n) is 2.67. The maximum Gasteiger partial charge on any atom is 0.123 e. The molecule has 1 aliphatic rings. The van der Waals surface area contributed by atoms with Gasteiger partial charge in [0.1, 0.15) is 11.4 Å². The van der Waals surface area contributed by atoms with E-state index in [1.54, 1.807) is 0 Å². The molecular formula is C12H16O. The summed E-state index contributed by atoms with van der Waals surface area (Å²) in [6, 6.07) is 8.35. The Labute approximate surface area is 79.7 Å². The highest BCUT2D eigenvalue weighted by Gasteiger charge is 2.33. The summed E-state index contributed by atoms with van der Waals surface area (Å²) in [6.07, 6.45) is 3.39. The van der Waals surface area contributed by atoms with Crippen molar-refractivity contribution >= 4 is 0 Å². The molecule has 1 aromatic carbocycles. The van der Waals surface area contributed by atoms with Crippen LogP contribution in [0.1, 0.15) is 32.3 Å². The molecule has 1 heteroatoms. The molecule has 1 aromatic rings. The van der Waals surface area contributed by atoms with Crippen molar-refractivity contribution in [2.45, 2.75) is 38.7 Å². The minimum atomic E-state index is 0.0540. The summed E-state index contributed by atoms with van der Waals surface area (Å²) in [4.78, 5) is 0. The standard InChI is InChI=1S/C12H16O/c1-3-8-12(2)9-10-6-4-5-7-11(10)13-12/h4-7H,3,8-9H2,1-2H3. The van der Waals surface area contributed by atoms with Crippen molar-refractivity contribution < 1.29 is 4.74 Å². The minimum absolute atomic E-state index is 0.0540. The molecule has 0 radical (unpaired) electrons. The van der Waals surface area contributed by atoms with Crippen LogP contribution in [0.2, 0.25) is 0 Å². The van der Waals surface area contributed by atoms with Crippen LogP contribution < -0.4 is 4.74 Å². The van der Waals surface area contributed by atoms with Gasteiger partial charge in [0.15, 0.2) is 0 Å². The second-order valence-electron chi connectivity index (χ2n) is 4.09. The first-order valence-electron chi connectivity index (χ1n) is 5.00. The van der Waals surface area contributed by atoms with Gasteiger partial charge >= 0.3 is 0 Å². The number of hydrogen-bond acceptors (Lipinski definition) is 1. The number of fused-ring (bicyclic) bond motifs is 1. The summed E-state index contributed by atoms with van der Waals surface area (Å²) < 4.78 is 5.93. The molecule has 0 spiro atoms. The first-order chi connectivity index (χ1) is 6.23. The fraction of sp³-hybridized carbons (Fsp3) is 0.500. The van der Waals surface area contributed by atoms with E-state index in [0.717, 1.165) is 18.6 Å². The lowest BCUT2D eigenvalue weighted by molar-refractivity contribution is 0.105. The van der Waals surface area contributed by atoms with Gasteiger partial charge in [0.2, 0.25) is 0 Å². The lowest BCUT2D eigenvalue weighted by Crippen LogP contribution is -2.29. The van der Waals surface area contributed by atoms with Crippen molar-refractivity contribution in [2.24, 2.45) is 0 Å². The molecule has 70 valence electrons. The Bertz CT molecular complexity index is 279. The maximum absolute atomic E-state index is 5.93. The van der Waals surface area contributed by atoms with Crippen molar-refractivity contribution in [1.82, 2.24) is 0 Å². The molecule has 0 aromatic heterocycles. The Kier molecular flexibility index (Phi) is 2.03. The van der Waals surface area contributed by atoms with Gasteiger partial charge in [0.25, 0.3) is 0 Å². The molecular weight excluding hydrogens is 160 g/mol. The van der Waals surface area contributed by atoms with Crippen molar-refractivity contribution in [2.75, 3.05) is 0 Å². The number of benzene rings is 1. The fourth-order valence-corrected chi connectivity index (χ4v) is 2.12. The summed E-state index contributed by atoms with van der Waals surface area (Å²) in [5, 5.41) is 0. The monoisotopic (exact) mass is 176 g/mol. The zero-order valence-corrected chi connectivity index (χ0v) is 8.34. The van der Waals surface area contributed by atoms with Gasteiger partial charge in [-0.1, -0.05) is 31.5 Å². The first kappa shape index (κ1) is 8.61. The van der Waals surface area contributed by atoms with Gasteiger partial charge in [-0.3, -0.25) is 0 Å². The van der Waals surface area contributed by atoms with Crippen molar-refractivity contribution in [3.8, 4) is 5.75 Å². The largest absolute Gasteiger partial charge is 0.487 e. The van der Waals surface area contributed by atoms with Crippen LogP contribution in [-0.2, 0) is 6.42 Å².